The molecule has 9 heteroatoms. The van der Waals surface area contributed by atoms with Gasteiger partial charge in [-0.2, -0.15) is 0 Å². The molecular weight excluding hydrogens is 384 g/mol. The van der Waals surface area contributed by atoms with Gasteiger partial charge in [-0.25, -0.2) is 4.98 Å². The number of carbonyl (C=O) groups is 2. The van der Waals surface area contributed by atoms with Crippen molar-refractivity contribution in [1.29, 1.82) is 0 Å². The number of Topliss-reactive ketones (excluding diaryl/α,β-unsaturated/α-hetero) is 1. The monoisotopic (exact) mass is 400 g/mol. The van der Waals surface area contributed by atoms with Crippen LogP contribution in [0.1, 0.15) is 27.1 Å². The summed E-state index contributed by atoms with van der Waals surface area (Å²) in [5, 5.41) is 10.9. The Balaban J connectivity index is 2.05. The zero-order valence-electron chi connectivity index (χ0n) is 15.3. The Labute approximate surface area is 166 Å². The molecule has 1 aliphatic rings. The number of amides is 1. The summed E-state index contributed by atoms with van der Waals surface area (Å²) in [4.78, 5) is 43.7. The van der Waals surface area contributed by atoms with Gasteiger partial charge in [-0.05, 0) is 24.6 Å². The fraction of sp³-hybridized carbons (Fsp3) is 0.211. The molecule has 0 radical (unpaired) electrons. The van der Waals surface area contributed by atoms with E-state index in [4.69, 9.17) is 11.6 Å². The summed E-state index contributed by atoms with van der Waals surface area (Å²) in [6.45, 7) is 0.224. The SMILES string of the molecule is CN(C)/C=C1/CCN(C(=O)c2ccc([N+](=O)[O-])cc2Cl)c2ncccc2C1=O. The highest BCUT2D eigenvalue weighted by molar-refractivity contribution is 6.35. The molecule has 0 saturated heterocycles. The third-order valence-corrected chi connectivity index (χ3v) is 4.55. The van der Waals surface area contributed by atoms with Gasteiger partial charge in [0.25, 0.3) is 11.6 Å². The van der Waals surface area contributed by atoms with Crippen molar-refractivity contribution in [3.63, 3.8) is 0 Å². The molecule has 0 atom stereocenters. The van der Waals surface area contributed by atoms with Gasteiger partial charge in [0.15, 0.2) is 5.78 Å². The number of benzene rings is 1. The third kappa shape index (κ3) is 3.72. The molecule has 1 aromatic carbocycles. The Bertz CT molecular complexity index is 1000. The number of nitrogens with zero attached hydrogens (tertiary/aromatic N) is 4. The summed E-state index contributed by atoms with van der Waals surface area (Å²) in [6, 6.07) is 6.93. The molecule has 1 aliphatic heterocycles. The number of halogens is 1. The second-order valence-electron chi connectivity index (χ2n) is 6.45. The van der Waals surface area contributed by atoms with Gasteiger partial charge in [-0.15, -0.1) is 0 Å². The van der Waals surface area contributed by atoms with Crippen LogP contribution in [0.3, 0.4) is 0 Å². The quantitative estimate of drug-likeness (QED) is 0.445. The number of rotatable bonds is 3. The molecule has 28 heavy (non-hydrogen) atoms. The minimum atomic E-state index is -0.583. The number of pyridine rings is 1. The van der Waals surface area contributed by atoms with Crippen LogP contribution in [0.25, 0.3) is 0 Å². The molecule has 0 N–H and O–H groups in total. The normalized spacial score (nSPS) is 15.2. The Kier molecular flexibility index (Phi) is 5.41. The van der Waals surface area contributed by atoms with Crippen LogP contribution < -0.4 is 4.90 Å². The van der Waals surface area contributed by atoms with E-state index in [1.807, 2.05) is 14.1 Å². The number of carbonyl (C=O) groups excluding carboxylic acids is 2. The van der Waals surface area contributed by atoms with Crippen LogP contribution in [0.15, 0.2) is 48.3 Å². The number of anilines is 1. The minimum Gasteiger partial charge on any atom is -0.383 e. The van der Waals surface area contributed by atoms with Crippen LogP contribution in [-0.2, 0) is 0 Å². The molecule has 0 fully saturated rings. The molecule has 2 aromatic rings. The van der Waals surface area contributed by atoms with E-state index in [0.717, 1.165) is 6.07 Å². The predicted octanol–water partition coefficient (Wildman–Crippen LogP) is 3.32. The largest absolute Gasteiger partial charge is 0.383 e. The van der Waals surface area contributed by atoms with Gasteiger partial charge in [0.05, 0.1) is 21.1 Å². The van der Waals surface area contributed by atoms with Crippen molar-refractivity contribution in [2.24, 2.45) is 0 Å². The van der Waals surface area contributed by atoms with E-state index in [0.29, 0.717) is 17.6 Å². The highest BCUT2D eigenvalue weighted by Gasteiger charge is 2.30. The number of fused-ring (bicyclic) bond motifs is 1. The molecule has 0 bridgehead atoms. The van der Waals surface area contributed by atoms with Gasteiger partial charge >= 0.3 is 0 Å². The molecule has 3 rings (SSSR count). The number of ketones is 1. The Morgan fingerprint density at radius 1 is 1.36 bits per heavy atom. The Morgan fingerprint density at radius 3 is 2.75 bits per heavy atom. The van der Waals surface area contributed by atoms with Crippen molar-refractivity contribution in [1.82, 2.24) is 9.88 Å². The number of nitro groups is 1. The zero-order valence-corrected chi connectivity index (χ0v) is 16.0. The molecule has 2 heterocycles. The smallest absolute Gasteiger partial charge is 0.270 e. The van der Waals surface area contributed by atoms with Crippen molar-refractivity contribution in [3.05, 3.63) is 74.6 Å². The first-order chi connectivity index (χ1) is 13.3. The lowest BCUT2D eigenvalue weighted by molar-refractivity contribution is -0.384. The standard InChI is InChI=1S/C19H17ClN4O4/c1-22(2)11-12-7-9-23(18-15(17(12)25)4-3-8-21-18)19(26)14-6-5-13(24(27)28)10-16(14)20/h3-6,8,10-11H,7,9H2,1-2H3/b12-11-. The van der Waals surface area contributed by atoms with E-state index in [9.17, 15) is 19.7 Å². The Hall–Kier alpha value is -3.26. The van der Waals surface area contributed by atoms with E-state index < -0.39 is 10.8 Å². The first-order valence-corrected chi connectivity index (χ1v) is 8.80. The molecular formula is C19H17ClN4O4. The van der Waals surface area contributed by atoms with Crippen molar-refractivity contribution in [2.75, 3.05) is 25.5 Å². The number of aromatic nitrogens is 1. The molecule has 0 unspecified atom stereocenters. The van der Waals surface area contributed by atoms with Crippen LogP contribution in [0.5, 0.6) is 0 Å². The minimum absolute atomic E-state index is 0.0312. The van der Waals surface area contributed by atoms with Gasteiger partial charge in [-0.1, -0.05) is 11.6 Å². The first-order valence-electron chi connectivity index (χ1n) is 8.42. The number of hydrogen-bond acceptors (Lipinski definition) is 6. The summed E-state index contributed by atoms with van der Waals surface area (Å²) >= 11 is 6.12. The highest BCUT2D eigenvalue weighted by atomic mass is 35.5. The number of hydrogen-bond donors (Lipinski definition) is 0. The molecule has 8 nitrogen and oxygen atoms in total. The van der Waals surface area contributed by atoms with Crippen LogP contribution in [0.4, 0.5) is 11.5 Å². The van der Waals surface area contributed by atoms with Crippen LogP contribution in [0.2, 0.25) is 5.02 Å². The van der Waals surface area contributed by atoms with Crippen LogP contribution in [0, 0.1) is 10.1 Å². The lowest BCUT2D eigenvalue weighted by Crippen LogP contribution is -2.32. The van der Waals surface area contributed by atoms with Crippen molar-refractivity contribution in [2.45, 2.75) is 6.42 Å². The molecule has 144 valence electrons. The van der Waals surface area contributed by atoms with Gasteiger partial charge in [0, 0.05) is 50.7 Å². The van der Waals surface area contributed by atoms with E-state index in [1.54, 1.807) is 23.2 Å². The zero-order chi connectivity index (χ0) is 20.4. The van der Waals surface area contributed by atoms with Crippen molar-refractivity contribution < 1.29 is 14.5 Å². The maximum atomic E-state index is 13.1. The lowest BCUT2D eigenvalue weighted by Gasteiger charge is -2.21. The van der Waals surface area contributed by atoms with Crippen molar-refractivity contribution >= 4 is 34.8 Å². The maximum Gasteiger partial charge on any atom is 0.270 e. The summed E-state index contributed by atoms with van der Waals surface area (Å²) in [5.41, 5.74) is 0.780. The first kappa shape index (κ1) is 19.5. The number of non-ortho nitro benzene ring substituents is 1. The average molecular weight is 401 g/mol. The Morgan fingerprint density at radius 2 is 2.11 bits per heavy atom. The molecule has 0 aliphatic carbocycles. The third-order valence-electron chi connectivity index (χ3n) is 4.24. The molecule has 0 spiro atoms. The van der Waals surface area contributed by atoms with E-state index in [-0.39, 0.29) is 34.4 Å². The number of nitro benzene ring substituents is 1. The van der Waals surface area contributed by atoms with Crippen LogP contribution in [-0.4, -0.2) is 47.1 Å². The van der Waals surface area contributed by atoms with Crippen molar-refractivity contribution in [3.8, 4) is 0 Å². The summed E-state index contributed by atoms with van der Waals surface area (Å²) in [6.07, 6.45) is 3.57. The lowest BCUT2D eigenvalue weighted by atomic mass is 10.0. The average Bonchev–Trinajstić information content (AvgIpc) is 2.78. The second kappa shape index (κ2) is 7.77. The summed E-state index contributed by atoms with van der Waals surface area (Å²) in [7, 11) is 3.63. The summed E-state index contributed by atoms with van der Waals surface area (Å²) < 4.78 is 0. The topological polar surface area (TPSA) is 96.7 Å². The molecule has 1 amide bonds. The summed E-state index contributed by atoms with van der Waals surface area (Å²) in [5.74, 6) is -0.422. The van der Waals surface area contributed by atoms with Crippen LogP contribution >= 0.6 is 11.6 Å². The van der Waals surface area contributed by atoms with Gasteiger partial charge in [-0.3, -0.25) is 24.6 Å². The van der Waals surface area contributed by atoms with E-state index in [2.05, 4.69) is 4.98 Å². The van der Waals surface area contributed by atoms with Gasteiger partial charge < -0.3 is 4.90 Å². The maximum absolute atomic E-state index is 13.1. The van der Waals surface area contributed by atoms with Gasteiger partial charge in [0.1, 0.15) is 5.82 Å². The van der Waals surface area contributed by atoms with E-state index in [1.165, 1.54) is 23.2 Å². The fourth-order valence-corrected chi connectivity index (χ4v) is 3.24. The fourth-order valence-electron chi connectivity index (χ4n) is 2.98. The second-order valence-corrected chi connectivity index (χ2v) is 6.86. The van der Waals surface area contributed by atoms with E-state index >= 15 is 0 Å². The molecule has 0 saturated carbocycles. The van der Waals surface area contributed by atoms with Gasteiger partial charge in [0.2, 0.25) is 0 Å². The highest BCUT2D eigenvalue weighted by Crippen LogP contribution is 2.30. The molecule has 1 aromatic heterocycles. The predicted molar refractivity (Wildman–Crippen MR) is 105 cm³/mol.